The summed E-state index contributed by atoms with van der Waals surface area (Å²) in [5.74, 6) is 1.75. The van der Waals surface area contributed by atoms with E-state index in [2.05, 4.69) is 57.3 Å². The molecule has 0 aromatic carbocycles. The molecule has 2 rings (SSSR count). The summed E-state index contributed by atoms with van der Waals surface area (Å²) in [6, 6.07) is 5.18. The molecule has 2 heterocycles. The Balaban J connectivity index is 1.83. The van der Waals surface area contributed by atoms with Crippen LogP contribution in [0.5, 0.6) is 5.75 Å². The van der Waals surface area contributed by atoms with E-state index in [1.54, 1.807) is 0 Å². The second kappa shape index (κ2) is 9.90. The average Bonchev–Trinajstić information content (AvgIpc) is 2.80. The highest BCUT2D eigenvalue weighted by Crippen LogP contribution is 2.26. The Morgan fingerprint density at radius 1 is 1.16 bits per heavy atom. The minimum Gasteiger partial charge on any atom is -0.465 e. The summed E-state index contributed by atoms with van der Waals surface area (Å²) in [6.07, 6.45) is 1.18. The second-order valence-corrected chi connectivity index (χ2v) is 14.1. The van der Waals surface area contributed by atoms with Crippen molar-refractivity contribution < 1.29 is 9.47 Å². The van der Waals surface area contributed by atoms with Gasteiger partial charge in [0.2, 0.25) is 0 Å². The zero-order chi connectivity index (χ0) is 18.3. The van der Waals surface area contributed by atoms with Crippen LogP contribution in [-0.4, -0.2) is 64.1 Å². The molecular weight excluding hydrogens is 398 g/mol. The SMILES string of the molecule is CCN1CCCN(c2ccc(OCOCC[Si](C)(C)C)c(Br)n2)CC1. The standard InChI is InChI=1S/C18H32BrN3O2Si/c1-5-21-9-6-10-22(12-11-21)17-8-7-16(18(19)20-17)24-15-23-13-14-25(2,3)4/h7-8H,5-6,9-15H2,1-4H3. The van der Waals surface area contributed by atoms with Crippen LogP contribution in [0.4, 0.5) is 5.82 Å². The molecule has 1 aromatic heterocycles. The van der Waals surface area contributed by atoms with Crippen LogP contribution in [0.1, 0.15) is 13.3 Å². The zero-order valence-electron chi connectivity index (χ0n) is 16.1. The summed E-state index contributed by atoms with van der Waals surface area (Å²) in [6.45, 7) is 15.8. The molecule has 0 bridgehead atoms. The highest BCUT2D eigenvalue weighted by molar-refractivity contribution is 9.10. The number of likely N-dealkylation sites (N-methyl/N-ethyl adjacent to an activating group) is 1. The number of halogens is 1. The molecule has 5 nitrogen and oxygen atoms in total. The van der Waals surface area contributed by atoms with Gasteiger partial charge in [-0.1, -0.05) is 26.6 Å². The van der Waals surface area contributed by atoms with Gasteiger partial charge in [-0.05, 0) is 53.6 Å². The smallest absolute Gasteiger partial charge is 0.189 e. The number of rotatable bonds is 8. The Morgan fingerprint density at radius 2 is 1.96 bits per heavy atom. The average molecular weight is 430 g/mol. The molecule has 0 unspecified atom stereocenters. The fourth-order valence-electron chi connectivity index (χ4n) is 2.75. The number of anilines is 1. The van der Waals surface area contributed by atoms with Crippen molar-refractivity contribution in [1.29, 1.82) is 0 Å². The van der Waals surface area contributed by atoms with Gasteiger partial charge in [-0.2, -0.15) is 0 Å². The molecule has 142 valence electrons. The summed E-state index contributed by atoms with van der Waals surface area (Å²) in [5.41, 5.74) is 0. The molecule has 0 radical (unpaired) electrons. The normalized spacial score (nSPS) is 16.8. The lowest BCUT2D eigenvalue weighted by atomic mass is 10.3. The monoisotopic (exact) mass is 429 g/mol. The van der Waals surface area contributed by atoms with Crippen molar-refractivity contribution in [2.24, 2.45) is 0 Å². The summed E-state index contributed by atoms with van der Waals surface area (Å²) in [4.78, 5) is 9.52. The van der Waals surface area contributed by atoms with Crippen LogP contribution in [-0.2, 0) is 4.74 Å². The van der Waals surface area contributed by atoms with Gasteiger partial charge >= 0.3 is 0 Å². The van der Waals surface area contributed by atoms with Gasteiger partial charge in [0.1, 0.15) is 5.82 Å². The maximum atomic E-state index is 5.71. The van der Waals surface area contributed by atoms with Gasteiger partial charge in [0.25, 0.3) is 0 Å². The van der Waals surface area contributed by atoms with Crippen LogP contribution in [0.2, 0.25) is 25.7 Å². The molecular formula is C18H32BrN3O2Si. The first kappa shape index (κ1) is 20.7. The lowest BCUT2D eigenvalue weighted by molar-refractivity contribution is 0.0213. The lowest BCUT2D eigenvalue weighted by Crippen LogP contribution is -2.31. The molecule has 0 spiro atoms. The molecule has 25 heavy (non-hydrogen) atoms. The maximum Gasteiger partial charge on any atom is 0.189 e. The number of aromatic nitrogens is 1. The van der Waals surface area contributed by atoms with Crippen molar-refractivity contribution in [2.45, 2.75) is 39.0 Å². The van der Waals surface area contributed by atoms with Crippen molar-refractivity contribution in [3.63, 3.8) is 0 Å². The van der Waals surface area contributed by atoms with E-state index in [0.29, 0.717) is 0 Å². The van der Waals surface area contributed by atoms with Crippen molar-refractivity contribution in [2.75, 3.05) is 51.0 Å². The zero-order valence-corrected chi connectivity index (χ0v) is 18.6. The third-order valence-corrected chi connectivity index (χ3v) is 6.73. The Kier molecular flexibility index (Phi) is 8.19. The highest BCUT2D eigenvalue weighted by atomic mass is 79.9. The molecule has 0 N–H and O–H groups in total. The van der Waals surface area contributed by atoms with Crippen LogP contribution >= 0.6 is 15.9 Å². The first-order chi connectivity index (χ1) is 11.9. The van der Waals surface area contributed by atoms with Gasteiger partial charge in [0, 0.05) is 34.3 Å². The predicted molar refractivity (Wildman–Crippen MR) is 110 cm³/mol. The summed E-state index contributed by atoms with van der Waals surface area (Å²) in [7, 11) is -1.05. The van der Waals surface area contributed by atoms with E-state index in [1.165, 1.54) is 13.0 Å². The van der Waals surface area contributed by atoms with E-state index in [0.717, 1.165) is 55.0 Å². The van der Waals surface area contributed by atoms with Crippen molar-refractivity contribution in [1.82, 2.24) is 9.88 Å². The lowest BCUT2D eigenvalue weighted by Gasteiger charge is -2.22. The summed E-state index contributed by atoms with van der Waals surface area (Å²) < 4.78 is 12.1. The molecule has 1 fully saturated rings. The molecule has 0 saturated carbocycles. The van der Waals surface area contributed by atoms with Gasteiger partial charge < -0.3 is 19.3 Å². The molecule has 1 saturated heterocycles. The fourth-order valence-corrected chi connectivity index (χ4v) is 3.94. The van der Waals surface area contributed by atoms with Gasteiger partial charge in [0.05, 0.1) is 0 Å². The van der Waals surface area contributed by atoms with Crippen LogP contribution in [0.15, 0.2) is 16.7 Å². The Hall–Kier alpha value is -0.633. The number of pyridine rings is 1. The van der Waals surface area contributed by atoms with Crippen LogP contribution < -0.4 is 9.64 Å². The number of hydrogen-bond donors (Lipinski definition) is 0. The summed E-state index contributed by atoms with van der Waals surface area (Å²) in [5, 5.41) is 0. The molecule has 0 aliphatic carbocycles. The van der Waals surface area contributed by atoms with E-state index in [1.807, 2.05) is 12.1 Å². The van der Waals surface area contributed by atoms with Gasteiger partial charge in [-0.25, -0.2) is 4.98 Å². The van der Waals surface area contributed by atoms with E-state index in [9.17, 15) is 0 Å². The third kappa shape index (κ3) is 7.25. The minimum absolute atomic E-state index is 0.277. The van der Waals surface area contributed by atoms with E-state index >= 15 is 0 Å². The Morgan fingerprint density at radius 3 is 2.64 bits per heavy atom. The van der Waals surface area contributed by atoms with Crippen molar-refractivity contribution in [3.8, 4) is 5.75 Å². The van der Waals surface area contributed by atoms with Gasteiger partial charge in [-0.3, -0.25) is 0 Å². The van der Waals surface area contributed by atoms with E-state index < -0.39 is 8.07 Å². The maximum absolute atomic E-state index is 5.71. The first-order valence-electron chi connectivity index (χ1n) is 9.23. The highest BCUT2D eigenvalue weighted by Gasteiger charge is 2.16. The van der Waals surface area contributed by atoms with Crippen LogP contribution in [0.3, 0.4) is 0 Å². The van der Waals surface area contributed by atoms with Gasteiger partial charge in [0.15, 0.2) is 17.1 Å². The molecule has 7 heteroatoms. The topological polar surface area (TPSA) is 37.8 Å². The second-order valence-electron chi connectivity index (χ2n) is 7.71. The minimum atomic E-state index is -1.05. The number of nitrogens with zero attached hydrogens (tertiary/aromatic N) is 3. The Labute approximate surface area is 161 Å². The number of ether oxygens (including phenoxy) is 2. The quantitative estimate of drug-likeness (QED) is 0.269. The van der Waals surface area contributed by atoms with Crippen LogP contribution in [0, 0.1) is 0 Å². The largest absolute Gasteiger partial charge is 0.465 e. The molecule has 0 atom stereocenters. The van der Waals surface area contributed by atoms with E-state index in [-0.39, 0.29) is 6.79 Å². The molecule has 1 aliphatic heterocycles. The fraction of sp³-hybridized carbons (Fsp3) is 0.722. The molecule has 1 aromatic rings. The molecule has 0 amide bonds. The third-order valence-electron chi connectivity index (χ3n) is 4.45. The van der Waals surface area contributed by atoms with Crippen LogP contribution in [0.25, 0.3) is 0 Å². The number of hydrogen-bond acceptors (Lipinski definition) is 5. The van der Waals surface area contributed by atoms with E-state index in [4.69, 9.17) is 9.47 Å². The van der Waals surface area contributed by atoms with Crippen molar-refractivity contribution >= 4 is 29.8 Å². The first-order valence-corrected chi connectivity index (χ1v) is 13.7. The summed E-state index contributed by atoms with van der Waals surface area (Å²) >= 11 is 3.54. The Bertz CT molecular complexity index is 540. The molecule has 1 aliphatic rings. The predicted octanol–water partition coefficient (Wildman–Crippen LogP) is 4.07. The van der Waals surface area contributed by atoms with Crippen molar-refractivity contribution in [3.05, 3.63) is 16.7 Å². The van der Waals surface area contributed by atoms with Gasteiger partial charge in [-0.15, -0.1) is 0 Å².